The van der Waals surface area contributed by atoms with E-state index in [1.54, 1.807) is 53.1 Å². The molecule has 0 saturated carbocycles. The number of hydrogen-bond donors (Lipinski definition) is 1. The number of methoxy groups -OCH3 is 1. The molecule has 0 saturated heterocycles. The Morgan fingerprint density at radius 1 is 1.06 bits per heavy atom. The predicted octanol–water partition coefficient (Wildman–Crippen LogP) is 5.78. The maximum atomic E-state index is 13.7. The number of nitro groups is 1. The highest BCUT2D eigenvalue weighted by molar-refractivity contribution is 7.99. The summed E-state index contributed by atoms with van der Waals surface area (Å²) in [6, 6.07) is 21.9. The first-order valence-corrected chi connectivity index (χ1v) is 16.1. The van der Waals surface area contributed by atoms with E-state index in [1.165, 1.54) is 47.7 Å². The van der Waals surface area contributed by atoms with Crippen LogP contribution in [-0.4, -0.2) is 55.1 Å². The number of aromatic nitrogens is 3. The minimum atomic E-state index is -0.501. The lowest BCUT2D eigenvalue weighted by atomic mass is 10.0. The Balaban J connectivity index is 1.24. The Kier molecular flexibility index (Phi) is 9.35. The third-order valence-corrected chi connectivity index (χ3v) is 9.16. The Labute approximate surface area is 276 Å². The van der Waals surface area contributed by atoms with Crippen molar-refractivity contribution < 1.29 is 23.6 Å². The molecule has 5 aromatic rings. The predicted molar refractivity (Wildman–Crippen MR) is 174 cm³/mol. The molecule has 3 heterocycles. The summed E-state index contributed by atoms with van der Waals surface area (Å²) in [4.78, 5) is 38.3. The van der Waals surface area contributed by atoms with Gasteiger partial charge in [-0.15, -0.1) is 21.5 Å². The van der Waals surface area contributed by atoms with E-state index in [2.05, 4.69) is 20.6 Å². The minimum Gasteiger partial charge on any atom is -0.497 e. The number of nitro benzene ring substituents is 1. The fraction of sp³-hybridized carbons (Fsp3) is 0.156. The highest BCUT2D eigenvalue weighted by Crippen LogP contribution is 2.35. The van der Waals surface area contributed by atoms with Crippen LogP contribution >= 0.6 is 23.1 Å². The summed E-state index contributed by atoms with van der Waals surface area (Å²) in [5, 5.41) is 31.0. The number of nitrogens with one attached hydrogen (secondary N) is 1. The van der Waals surface area contributed by atoms with Gasteiger partial charge in [-0.2, -0.15) is 5.10 Å². The number of non-ortho nitro benzene ring substituents is 1. The maximum Gasteiger partial charge on any atom is 0.269 e. The first kappa shape index (κ1) is 31.6. The van der Waals surface area contributed by atoms with Gasteiger partial charge in [0.1, 0.15) is 11.6 Å². The van der Waals surface area contributed by atoms with Crippen molar-refractivity contribution in [1.29, 1.82) is 0 Å². The lowest BCUT2D eigenvalue weighted by Gasteiger charge is -2.22. The van der Waals surface area contributed by atoms with Crippen molar-refractivity contribution in [1.82, 2.24) is 25.1 Å². The molecule has 1 aliphatic heterocycles. The molecule has 2 amide bonds. The average molecular weight is 672 g/mol. The molecule has 2 aromatic heterocycles. The van der Waals surface area contributed by atoms with Crippen molar-refractivity contribution in [3.63, 3.8) is 0 Å². The first-order chi connectivity index (χ1) is 22.8. The van der Waals surface area contributed by atoms with Crippen LogP contribution in [0.3, 0.4) is 0 Å². The lowest BCUT2D eigenvalue weighted by molar-refractivity contribution is -0.384. The zero-order valence-corrected chi connectivity index (χ0v) is 26.4. The number of rotatable bonds is 11. The van der Waals surface area contributed by atoms with Gasteiger partial charge in [-0.05, 0) is 65.5 Å². The van der Waals surface area contributed by atoms with E-state index < -0.39 is 11.0 Å². The second-order valence-corrected chi connectivity index (χ2v) is 12.1. The molecular weight excluding hydrogens is 646 g/mol. The normalized spacial score (nSPS) is 14.1. The second kappa shape index (κ2) is 13.9. The van der Waals surface area contributed by atoms with Crippen LogP contribution in [0.15, 0.2) is 101 Å². The van der Waals surface area contributed by atoms with Gasteiger partial charge in [0, 0.05) is 29.8 Å². The van der Waals surface area contributed by atoms with Crippen LogP contribution < -0.4 is 10.1 Å². The van der Waals surface area contributed by atoms with Crippen LogP contribution in [-0.2, 0) is 11.3 Å². The molecule has 0 radical (unpaired) electrons. The SMILES string of the molecule is COc1ccc(C(=O)NCc2nnc(SCC(=O)N3N=C(c4cccs4)CC3c3ccc(F)cc3)n2-c2ccc([N+](=O)[O-])cc2)cc1. The molecule has 15 heteroatoms. The quantitative estimate of drug-likeness (QED) is 0.106. The highest BCUT2D eigenvalue weighted by Gasteiger charge is 2.34. The van der Waals surface area contributed by atoms with Gasteiger partial charge in [0.2, 0.25) is 0 Å². The summed E-state index contributed by atoms with van der Waals surface area (Å²) in [7, 11) is 1.54. The molecule has 6 rings (SSSR count). The monoisotopic (exact) mass is 671 g/mol. The number of ether oxygens (including phenoxy) is 1. The molecule has 1 N–H and O–H groups in total. The summed E-state index contributed by atoms with van der Waals surface area (Å²) in [6.07, 6.45) is 0.472. The molecule has 0 bridgehead atoms. The molecule has 12 nitrogen and oxygen atoms in total. The fourth-order valence-electron chi connectivity index (χ4n) is 4.96. The van der Waals surface area contributed by atoms with Crippen LogP contribution in [0.5, 0.6) is 5.75 Å². The van der Waals surface area contributed by atoms with Gasteiger partial charge < -0.3 is 10.1 Å². The number of thioether (sulfide) groups is 1. The molecule has 3 aromatic carbocycles. The van der Waals surface area contributed by atoms with Gasteiger partial charge in [-0.25, -0.2) is 9.40 Å². The van der Waals surface area contributed by atoms with Gasteiger partial charge in [-0.3, -0.25) is 24.3 Å². The van der Waals surface area contributed by atoms with E-state index in [0.717, 1.165) is 27.9 Å². The smallest absolute Gasteiger partial charge is 0.269 e. The Morgan fingerprint density at radius 2 is 1.81 bits per heavy atom. The number of nitrogens with zero attached hydrogens (tertiary/aromatic N) is 6. The summed E-state index contributed by atoms with van der Waals surface area (Å²) in [5.74, 6) is -0.136. The van der Waals surface area contributed by atoms with E-state index in [0.29, 0.717) is 34.4 Å². The molecule has 0 fully saturated rings. The number of thiophene rings is 1. The van der Waals surface area contributed by atoms with E-state index in [9.17, 15) is 24.1 Å². The van der Waals surface area contributed by atoms with Crippen molar-refractivity contribution >= 4 is 46.3 Å². The Bertz CT molecular complexity index is 1930. The topological polar surface area (TPSA) is 145 Å². The molecule has 1 aliphatic rings. The maximum absolute atomic E-state index is 13.7. The second-order valence-electron chi connectivity index (χ2n) is 10.2. The van der Waals surface area contributed by atoms with Crippen molar-refractivity contribution in [2.45, 2.75) is 24.2 Å². The van der Waals surface area contributed by atoms with Gasteiger partial charge >= 0.3 is 0 Å². The molecular formula is C32H26FN7O5S2. The number of hydrogen-bond acceptors (Lipinski definition) is 10. The third kappa shape index (κ3) is 7.05. The van der Waals surface area contributed by atoms with Crippen molar-refractivity contribution in [3.05, 3.63) is 128 Å². The zero-order valence-electron chi connectivity index (χ0n) is 24.8. The molecule has 238 valence electrons. The highest BCUT2D eigenvalue weighted by atomic mass is 32.2. The van der Waals surface area contributed by atoms with Crippen LogP contribution in [0.2, 0.25) is 0 Å². The molecule has 1 unspecified atom stereocenters. The molecule has 1 atom stereocenters. The standard InChI is InChI=1S/C32H26FN7O5S2/c1-45-25-14-6-21(7-15-25)31(42)34-18-29-35-36-32(38(29)23-10-12-24(13-11-23)40(43)44)47-19-30(41)39-27(20-4-8-22(33)9-5-20)17-26(37-39)28-3-2-16-46-28/h2-16,27H,17-19H2,1H3,(H,34,42). The van der Waals surface area contributed by atoms with E-state index >= 15 is 0 Å². The fourth-order valence-corrected chi connectivity index (χ4v) is 6.51. The van der Waals surface area contributed by atoms with E-state index in [1.807, 2.05) is 17.5 Å². The van der Waals surface area contributed by atoms with Crippen LogP contribution in [0.1, 0.15) is 39.1 Å². The van der Waals surface area contributed by atoms with Crippen LogP contribution in [0, 0.1) is 15.9 Å². The van der Waals surface area contributed by atoms with Gasteiger partial charge in [-0.1, -0.05) is 30.0 Å². The van der Waals surface area contributed by atoms with E-state index in [4.69, 9.17) is 4.74 Å². The average Bonchev–Trinajstić information content (AvgIpc) is 3.87. The molecule has 0 spiro atoms. The number of amides is 2. The van der Waals surface area contributed by atoms with Gasteiger partial charge in [0.15, 0.2) is 11.0 Å². The summed E-state index contributed by atoms with van der Waals surface area (Å²) >= 11 is 2.63. The van der Waals surface area contributed by atoms with E-state index in [-0.39, 0.29) is 35.6 Å². The van der Waals surface area contributed by atoms with Gasteiger partial charge in [0.25, 0.3) is 17.5 Å². The van der Waals surface area contributed by atoms with Crippen molar-refractivity contribution in [2.75, 3.05) is 12.9 Å². The number of carbonyl (C=O) groups excluding carboxylic acids is 2. The first-order valence-electron chi connectivity index (χ1n) is 14.2. The third-order valence-electron chi connectivity index (χ3n) is 7.33. The molecule has 0 aliphatic carbocycles. The zero-order chi connectivity index (χ0) is 32.9. The summed E-state index contributed by atoms with van der Waals surface area (Å²) < 4.78 is 20.5. The minimum absolute atomic E-state index is 0.0173. The number of benzene rings is 3. The Morgan fingerprint density at radius 3 is 2.47 bits per heavy atom. The van der Waals surface area contributed by atoms with Crippen LogP contribution in [0.25, 0.3) is 5.69 Å². The Hall–Kier alpha value is -5.41. The summed E-state index contributed by atoms with van der Waals surface area (Å²) in [5.41, 5.74) is 2.34. The number of halogens is 1. The number of hydrazone groups is 1. The van der Waals surface area contributed by atoms with Crippen molar-refractivity contribution in [3.8, 4) is 11.4 Å². The van der Waals surface area contributed by atoms with Gasteiger partial charge in [0.05, 0.1) is 41.0 Å². The van der Waals surface area contributed by atoms with Crippen molar-refractivity contribution in [2.24, 2.45) is 5.10 Å². The lowest BCUT2D eigenvalue weighted by Crippen LogP contribution is -2.28. The van der Waals surface area contributed by atoms with Crippen LogP contribution in [0.4, 0.5) is 10.1 Å². The number of carbonyl (C=O) groups is 2. The largest absolute Gasteiger partial charge is 0.497 e. The summed E-state index contributed by atoms with van der Waals surface area (Å²) in [6.45, 7) is -0.0173. The molecule has 47 heavy (non-hydrogen) atoms.